The van der Waals surface area contributed by atoms with Crippen LogP contribution >= 0.6 is 11.6 Å². The predicted molar refractivity (Wildman–Crippen MR) is 99.5 cm³/mol. The molecule has 0 bridgehead atoms. The molecular formula is C19H20ClN3O3. The molecule has 0 N–H and O–H groups in total. The highest BCUT2D eigenvalue weighted by Crippen LogP contribution is 2.31. The first-order valence-electron chi connectivity index (χ1n) is 8.07. The highest BCUT2D eigenvalue weighted by molar-refractivity contribution is 6.30. The Hall–Kier alpha value is -2.57. The number of nitrogens with zero attached hydrogens (tertiary/aromatic N) is 3. The number of hydrogen-bond acceptors (Lipinski definition) is 6. The van der Waals surface area contributed by atoms with Crippen molar-refractivity contribution in [3.63, 3.8) is 0 Å². The van der Waals surface area contributed by atoms with Crippen molar-refractivity contribution < 1.29 is 14.0 Å². The van der Waals surface area contributed by atoms with Crippen molar-refractivity contribution in [3.05, 3.63) is 58.9 Å². The first-order valence-corrected chi connectivity index (χ1v) is 8.45. The Morgan fingerprint density at radius 3 is 2.58 bits per heavy atom. The van der Waals surface area contributed by atoms with Gasteiger partial charge in [0.25, 0.3) is 0 Å². The third-order valence-electron chi connectivity index (χ3n) is 3.86. The summed E-state index contributed by atoms with van der Waals surface area (Å²) in [6, 6.07) is 13.3. The van der Waals surface area contributed by atoms with Crippen LogP contribution in [0.4, 0.5) is 0 Å². The minimum absolute atomic E-state index is 0.511. The second-order valence-corrected chi connectivity index (χ2v) is 6.32. The van der Waals surface area contributed by atoms with Gasteiger partial charge in [0.05, 0.1) is 20.8 Å². The zero-order chi connectivity index (χ0) is 18.5. The van der Waals surface area contributed by atoms with Gasteiger partial charge in [-0.2, -0.15) is 4.98 Å². The second-order valence-electron chi connectivity index (χ2n) is 5.88. The van der Waals surface area contributed by atoms with Crippen LogP contribution in [0.1, 0.15) is 11.5 Å². The Labute approximate surface area is 157 Å². The van der Waals surface area contributed by atoms with Crippen molar-refractivity contribution in [2.24, 2.45) is 0 Å². The van der Waals surface area contributed by atoms with E-state index in [1.807, 2.05) is 49.5 Å². The summed E-state index contributed by atoms with van der Waals surface area (Å²) in [5, 5.41) is 4.79. The van der Waals surface area contributed by atoms with Crippen LogP contribution < -0.4 is 9.47 Å². The van der Waals surface area contributed by atoms with Crippen molar-refractivity contribution >= 4 is 11.6 Å². The number of methoxy groups -OCH3 is 2. The molecule has 0 aliphatic carbocycles. The topological polar surface area (TPSA) is 60.6 Å². The highest BCUT2D eigenvalue weighted by Gasteiger charge is 2.13. The molecule has 0 atom stereocenters. The number of ether oxygens (including phenoxy) is 2. The fraction of sp³-hybridized carbons (Fsp3) is 0.263. The maximum atomic E-state index is 6.03. The molecule has 3 aromatic rings. The van der Waals surface area contributed by atoms with Gasteiger partial charge in [-0.05, 0) is 42.9 Å². The SMILES string of the molecule is COc1ccc(-c2noc(CN(C)Cc3cccc(Cl)c3)n2)cc1OC. The molecule has 7 heteroatoms. The molecule has 1 heterocycles. The predicted octanol–water partition coefficient (Wildman–Crippen LogP) is 4.04. The summed E-state index contributed by atoms with van der Waals surface area (Å²) in [7, 11) is 5.18. The van der Waals surface area contributed by atoms with E-state index in [-0.39, 0.29) is 0 Å². The van der Waals surface area contributed by atoms with Gasteiger partial charge in [-0.1, -0.05) is 28.9 Å². The number of aromatic nitrogens is 2. The minimum Gasteiger partial charge on any atom is -0.493 e. The fourth-order valence-electron chi connectivity index (χ4n) is 2.65. The highest BCUT2D eigenvalue weighted by atomic mass is 35.5. The number of halogens is 1. The fourth-order valence-corrected chi connectivity index (χ4v) is 2.86. The van der Waals surface area contributed by atoms with Gasteiger partial charge in [0.15, 0.2) is 11.5 Å². The summed E-state index contributed by atoms with van der Waals surface area (Å²) in [5.41, 5.74) is 1.93. The van der Waals surface area contributed by atoms with Crippen LogP contribution in [0.3, 0.4) is 0 Å². The van der Waals surface area contributed by atoms with Gasteiger partial charge in [0.2, 0.25) is 11.7 Å². The van der Waals surface area contributed by atoms with E-state index in [4.69, 9.17) is 25.6 Å². The largest absolute Gasteiger partial charge is 0.493 e. The third kappa shape index (κ3) is 4.33. The van der Waals surface area contributed by atoms with Gasteiger partial charge in [-0.3, -0.25) is 4.90 Å². The van der Waals surface area contributed by atoms with E-state index in [2.05, 4.69) is 15.0 Å². The Morgan fingerprint density at radius 2 is 1.85 bits per heavy atom. The Balaban J connectivity index is 1.69. The molecule has 6 nitrogen and oxygen atoms in total. The van der Waals surface area contributed by atoms with E-state index < -0.39 is 0 Å². The molecule has 0 unspecified atom stereocenters. The Morgan fingerprint density at radius 1 is 1.04 bits per heavy atom. The van der Waals surface area contributed by atoms with Gasteiger partial charge in [-0.15, -0.1) is 0 Å². The smallest absolute Gasteiger partial charge is 0.241 e. The molecule has 0 amide bonds. The van der Waals surface area contributed by atoms with Gasteiger partial charge in [-0.25, -0.2) is 0 Å². The molecule has 0 fully saturated rings. The van der Waals surface area contributed by atoms with Crippen molar-refractivity contribution in [2.45, 2.75) is 13.1 Å². The lowest BCUT2D eigenvalue weighted by molar-refractivity contribution is 0.261. The summed E-state index contributed by atoms with van der Waals surface area (Å²) in [6.45, 7) is 1.27. The van der Waals surface area contributed by atoms with Gasteiger partial charge < -0.3 is 14.0 Å². The number of hydrogen-bond donors (Lipinski definition) is 0. The molecule has 2 aromatic carbocycles. The summed E-state index contributed by atoms with van der Waals surface area (Å²) in [6.07, 6.45) is 0. The van der Waals surface area contributed by atoms with Crippen molar-refractivity contribution in [2.75, 3.05) is 21.3 Å². The second kappa shape index (κ2) is 8.21. The average Bonchev–Trinajstić information content (AvgIpc) is 3.09. The Kier molecular flexibility index (Phi) is 5.75. The van der Waals surface area contributed by atoms with E-state index in [0.717, 1.165) is 22.7 Å². The van der Waals surface area contributed by atoms with Crippen molar-refractivity contribution in [1.29, 1.82) is 0 Å². The molecule has 0 saturated carbocycles. The van der Waals surface area contributed by atoms with E-state index >= 15 is 0 Å². The van der Waals surface area contributed by atoms with Crippen LogP contribution in [-0.4, -0.2) is 36.3 Å². The first kappa shape index (κ1) is 18.2. The lowest BCUT2D eigenvalue weighted by Crippen LogP contribution is -2.17. The number of benzene rings is 2. The van der Waals surface area contributed by atoms with Crippen LogP contribution in [0.5, 0.6) is 11.5 Å². The molecule has 26 heavy (non-hydrogen) atoms. The maximum absolute atomic E-state index is 6.03. The van der Waals surface area contributed by atoms with Crippen LogP contribution in [0.15, 0.2) is 47.0 Å². The minimum atomic E-state index is 0.511. The van der Waals surface area contributed by atoms with E-state index in [1.54, 1.807) is 14.2 Å². The molecule has 3 rings (SSSR count). The number of rotatable bonds is 7. The van der Waals surface area contributed by atoms with Gasteiger partial charge in [0.1, 0.15) is 0 Å². The van der Waals surface area contributed by atoms with E-state index in [9.17, 15) is 0 Å². The summed E-state index contributed by atoms with van der Waals surface area (Å²) in [4.78, 5) is 6.55. The zero-order valence-electron chi connectivity index (χ0n) is 14.9. The lowest BCUT2D eigenvalue weighted by atomic mass is 10.2. The molecule has 0 aliphatic heterocycles. The molecule has 0 spiro atoms. The Bertz CT molecular complexity index is 882. The third-order valence-corrected chi connectivity index (χ3v) is 4.09. The normalized spacial score (nSPS) is 11.0. The van der Waals surface area contributed by atoms with E-state index in [1.165, 1.54) is 0 Å². The zero-order valence-corrected chi connectivity index (χ0v) is 15.7. The van der Waals surface area contributed by atoms with Crippen LogP contribution in [0.25, 0.3) is 11.4 Å². The molecule has 0 saturated heterocycles. The van der Waals surface area contributed by atoms with Crippen molar-refractivity contribution in [1.82, 2.24) is 15.0 Å². The van der Waals surface area contributed by atoms with Crippen LogP contribution in [-0.2, 0) is 13.1 Å². The molecule has 1 aromatic heterocycles. The van der Waals surface area contributed by atoms with Crippen molar-refractivity contribution in [3.8, 4) is 22.9 Å². The average molecular weight is 374 g/mol. The maximum Gasteiger partial charge on any atom is 0.241 e. The molecule has 136 valence electrons. The summed E-state index contributed by atoms with van der Waals surface area (Å²) >= 11 is 6.03. The summed E-state index contributed by atoms with van der Waals surface area (Å²) < 4.78 is 15.9. The van der Waals surface area contributed by atoms with Gasteiger partial charge in [0, 0.05) is 17.1 Å². The monoisotopic (exact) mass is 373 g/mol. The van der Waals surface area contributed by atoms with Crippen LogP contribution in [0, 0.1) is 0 Å². The molecular weight excluding hydrogens is 354 g/mol. The lowest BCUT2D eigenvalue weighted by Gasteiger charge is -2.14. The molecule has 0 aliphatic rings. The quantitative estimate of drug-likeness (QED) is 0.623. The van der Waals surface area contributed by atoms with Gasteiger partial charge >= 0.3 is 0 Å². The standard InChI is InChI=1S/C19H20ClN3O3/c1-23(11-13-5-4-6-15(20)9-13)12-18-21-19(22-26-18)14-7-8-16(24-2)17(10-14)25-3/h4-10H,11-12H2,1-3H3. The van der Waals surface area contributed by atoms with E-state index in [0.29, 0.717) is 29.8 Å². The summed E-state index contributed by atoms with van der Waals surface area (Å²) in [5.74, 6) is 2.33. The van der Waals surface area contributed by atoms with Crippen LogP contribution in [0.2, 0.25) is 5.02 Å². The first-order chi connectivity index (χ1) is 12.6. The molecule has 0 radical (unpaired) electrons.